The van der Waals surface area contributed by atoms with E-state index in [4.69, 9.17) is 33.2 Å². The third-order valence-corrected chi connectivity index (χ3v) is 9.64. The molecule has 0 bridgehead atoms. The van der Waals surface area contributed by atoms with Gasteiger partial charge in [0.2, 0.25) is 5.91 Å². The van der Waals surface area contributed by atoms with Crippen LogP contribution in [0.25, 0.3) is 0 Å². The van der Waals surface area contributed by atoms with E-state index in [0.717, 1.165) is 12.5 Å². The zero-order valence-corrected chi connectivity index (χ0v) is 30.3. The van der Waals surface area contributed by atoms with E-state index in [2.05, 4.69) is 9.50 Å². The van der Waals surface area contributed by atoms with Crippen molar-refractivity contribution in [3.8, 4) is 0 Å². The van der Waals surface area contributed by atoms with E-state index < -0.39 is 122 Å². The molecular weight excluding hydrogens is 758 g/mol. The molecule has 9 N–H and O–H groups in total. The second-order valence-electron chi connectivity index (χ2n) is 13.2. The summed E-state index contributed by atoms with van der Waals surface area (Å²) in [4.78, 5) is 12.8. The smallest absolute Gasteiger partial charge is 0.394 e. The zero-order chi connectivity index (χ0) is 39.9. The van der Waals surface area contributed by atoms with Crippen LogP contribution in [0.2, 0.25) is 0 Å². The van der Waals surface area contributed by atoms with Gasteiger partial charge in [-0.3, -0.25) is 9.35 Å². The summed E-state index contributed by atoms with van der Waals surface area (Å²) in [6.07, 6.45) is -24.4. The number of rotatable bonds is 16. The largest absolute Gasteiger partial charge is 0.397 e. The Bertz CT molecular complexity index is 1590. The Balaban J connectivity index is 1.55. The van der Waals surface area contributed by atoms with Crippen molar-refractivity contribution in [1.29, 1.82) is 0 Å². The van der Waals surface area contributed by atoms with Crippen LogP contribution in [0.5, 0.6) is 0 Å². The molecule has 3 aliphatic rings. The summed E-state index contributed by atoms with van der Waals surface area (Å²) < 4.78 is 79.1. The number of aliphatic hydroxyl groups excluding tert-OH is 7. The minimum atomic E-state index is -5.29. The average Bonchev–Trinajstić information content (AvgIpc) is 3.15. The van der Waals surface area contributed by atoms with Gasteiger partial charge in [0.05, 0.1) is 33.0 Å². The van der Waals surface area contributed by atoms with Crippen molar-refractivity contribution in [2.24, 2.45) is 0 Å². The molecule has 3 aliphatic heterocycles. The van der Waals surface area contributed by atoms with Gasteiger partial charge in [0, 0.05) is 6.92 Å². The van der Waals surface area contributed by atoms with Crippen molar-refractivity contribution in [2.75, 3.05) is 19.8 Å². The first kappa shape index (κ1) is 43.3. The molecule has 0 aliphatic carbocycles. The maximum Gasteiger partial charge on any atom is 0.397 e. The fraction of sp³-hybridized carbons (Fsp3) is 0.618. The van der Waals surface area contributed by atoms with E-state index in [1.807, 2.05) is 18.2 Å². The third kappa shape index (κ3) is 11.2. The highest BCUT2D eigenvalue weighted by Crippen LogP contribution is 2.35. The predicted octanol–water partition coefficient (Wildman–Crippen LogP) is -3.15. The van der Waals surface area contributed by atoms with Crippen LogP contribution < -0.4 is 5.32 Å². The fourth-order valence-electron chi connectivity index (χ4n) is 6.50. The van der Waals surface area contributed by atoms with Gasteiger partial charge < -0.3 is 74.2 Å². The second-order valence-corrected chi connectivity index (χ2v) is 14.2. The molecule has 0 unspecified atom stereocenters. The number of nitrogens with one attached hydrogen (secondary N) is 1. The summed E-state index contributed by atoms with van der Waals surface area (Å²) >= 11 is 0. The summed E-state index contributed by atoms with van der Waals surface area (Å²) in [5.41, 5.74) is 1.46. The van der Waals surface area contributed by atoms with Crippen LogP contribution in [0.1, 0.15) is 18.1 Å². The van der Waals surface area contributed by atoms with Gasteiger partial charge in [-0.25, -0.2) is 4.18 Å². The van der Waals surface area contributed by atoms with Gasteiger partial charge in [-0.15, -0.1) is 0 Å². The highest BCUT2D eigenvalue weighted by Gasteiger charge is 2.55. The van der Waals surface area contributed by atoms with E-state index >= 15 is 0 Å². The molecule has 55 heavy (non-hydrogen) atoms. The van der Waals surface area contributed by atoms with Gasteiger partial charge >= 0.3 is 10.4 Å². The molecule has 2 aromatic rings. The van der Waals surface area contributed by atoms with Crippen molar-refractivity contribution in [1.82, 2.24) is 5.32 Å². The Labute approximate surface area is 316 Å². The molecule has 308 valence electrons. The van der Waals surface area contributed by atoms with Gasteiger partial charge in [-0.2, -0.15) is 8.42 Å². The van der Waals surface area contributed by atoms with E-state index in [1.165, 1.54) is 0 Å². The topological polar surface area (TPSA) is 299 Å². The van der Waals surface area contributed by atoms with Gasteiger partial charge in [-0.05, 0) is 11.1 Å². The highest BCUT2D eigenvalue weighted by molar-refractivity contribution is 7.80. The van der Waals surface area contributed by atoms with Crippen LogP contribution in [0.15, 0.2) is 60.7 Å². The maximum atomic E-state index is 12.8. The fourth-order valence-corrected chi connectivity index (χ4v) is 7.00. The number of carbonyl (C=O) groups is 1. The predicted molar refractivity (Wildman–Crippen MR) is 181 cm³/mol. The van der Waals surface area contributed by atoms with Gasteiger partial charge in [0.25, 0.3) is 0 Å². The molecule has 21 heteroatoms. The van der Waals surface area contributed by atoms with Crippen LogP contribution in [0.4, 0.5) is 0 Å². The first-order valence-corrected chi connectivity index (χ1v) is 18.7. The molecule has 3 saturated heterocycles. The lowest BCUT2D eigenvalue weighted by Crippen LogP contribution is -2.70. The van der Waals surface area contributed by atoms with Gasteiger partial charge in [-0.1, -0.05) is 60.7 Å². The quantitative estimate of drug-likeness (QED) is 0.0757. The van der Waals surface area contributed by atoms with E-state index in [-0.39, 0.29) is 19.8 Å². The number of carbonyl (C=O) groups excluding carboxylic acids is 1. The molecule has 3 fully saturated rings. The summed E-state index contributed by atoms with van der Waals surface area (Å²) in [7, 11) is -5.29. The number of benzene rings is 2. The van der Waals surface area contributed by atoms with E-state index in [9.17, 15) is 53.5 Å². The minimum absolute atomic E-state index is 0.0786. The minimum Gasteiger partial charge on any atom is -0.394 e. The Kier molecular flexibility index (Phi) is 15.4. The standard InChI is InChI=1S/C34H47NO19S/c1-17(38)35-23-29(52-34-27(42)31(54-55(44,45)46)25(40)21(13-37)50-34)28(48-15-19-10-6-3-7-11-19)22(16-47-14-18-8-4-2-5-9-18)51-33(23)53-30-24(39)20(12-36)49-32(43)26(30)41/h2-11,20-34,36-37,39-43H,12-16H2,1H3,(H,35,38)(H,44,45,46)/t20-,21-,22-,23-,24+,25+,26-,27-,28-,29-,30+,31+,32-,33+,34+/m1/s1. The second kappa shape index (κ2) is 19.6. The van der Waals surface area contributed by atoms with Crippen LogP contribution in [0.3, 0.4) is 0 Å². The normalized spacial score (nSPS) is 37.0. The molecular formula is C34H47NO19S. The Morgan fingerprint density at radius 2 is 1.24 bits per heavy atom. The molecule has 20 nitrogen and oxygen atoms in total. The number of amides is 1. The summed E-state index contributed by atoms with van der Waals surface area (Å²) in [6, 6.07) is 16.4. The molecule has 15 atom stereocenters. The van der Waals surface area contributed by atoms with Crippen LogP contribution >= 0.6 is 0 Å². The number of hydrogen-bond acceptors (Lipinski definition) is 18. The monoisotopic (exact) mass is 805 g/mol. The summed E-state index contributed by atoms with van der Waals surface area (Å²) in [6.45, 7) is -0.871. The van der Waals surface area contributed by atoms with E-state index in [0.29, 0.717) is 5.56 Å². The molecule has 0 radical (unpaired) electrons. The lowest BCUT2D eigenvalue weighted by Gasteiger charge is -2.50. The maximum absolute atomic E-state index is 12.8. The van der Waals surface area contributed by atoms with Gasteiger partial charge in [0.1, 0.15) is 73.2 Å². The Morgan fingerprint density at radius 3 is 1.82 bits per heavy atom. The molecule has 0 saturated carbocycles. The van der Waals surface area contributed by atoms with Crippen molar-refractivity contribution in [2.45, 2.75) is 112 Å². The van der Waals surface area contributed by atoms with Gasteiger partial charge in [0.15, 0.2) is 18.9 Å². The highest BCUT2D eigenvalue weighted by atomic mass is 32.3. The van der Waals surface area contributed by atoms with Crippen LogP contribution in [-0.4, -0.2) is 166 Å². The lowest BCUT2D eigenvalue weighted by molar-refractivity contribution is -0.366. The van der Waals surface area contributed by atoms with E-state index in [1.54, 1.807) is 42.5 Å². The molecule has 5 rings (SSSR count). The molecule has 2 aromatic carbocycles. The van der Waals surface area contributed by atoms with Crippen LogP contribution in [0, 0.1) is 0 Å². The van der Waals surface area contributed by atoms with Crippen LogP contribution in [-0.2, 0) is 65.7 Å². The Hall–Kier alpha value is -2.78. The van der Waals surface area contributed by atoms with Crippen molar-refractivity contribution >= 4 is 16.3 Å². The van der Waals surface area contributed by atoms with Crippen molar-refractivity contribution < 1.29 is 90.9 Å². The molecule has 0 spiro atoms. The number of aliphatic hydroxyl groups is 7. The molecule has 3 heterocycles. The third-order valence-electron chi connectivity index (χ3n) is 9.17. The average molecular weight is 806 g/mol. The summed E-state index contributed by atoms with van der Waals surface area (Å²) in [5.74, 6) is -0.695. The first-order chi connectivity index (χ1) is 26.2. The molecule has 0 aromatic heterocycles. The Morgan fingerprint density at radius 1 is 0.691 bits per heavy atom. The lowest BCUT2D eigenvalue weighted by atomic mass is 9.94. The van der Waals surface area contributed by atoms with Crippen molar-refractivity contribution in [3.63, 3.8) is 0 Å². The molecule has 1 amide bonds. The van der Waals surface area contributed by atoms with Crippen molar-refractivity contribution in [3.05, 3.63) is 71.8 Å². The first-order valence-electron chi connectivity index (χ1n) is 17.3. The summed E-state index contributed by atoms with van der Waals surface area (Å²) in [5, 5.41) is 76.4. The number of ether oxygens (including phenoxy) is 7. The number of hydrogen-bond donors (Lipinski definition) is 9. The SMILES string of the molecule is CC(=O)N[C@H]1[C@H](O[C@@H]2[C@@H](O)[C@H](O)O[C@H](CO)[C@@H]2O)O[C@H](COCc2ccccc2)[C@@H](OCc2ccccc2)[C@@H]1O[C@@H]1O[C@H](CO)[C@H](O)[C@H](OS(=O)(=O)O)[C@H]1O. The zero-order valence-electron chi connectivity index (χ0n) is 29.4.